The molecule has 0 aliphatic carbocycles. The van der Waals surface area contributed by atoms with Gasteiger partial charge in [0.1, 0.15) is 11.9 Å². The van der Waals surface area contributed by atoms with E-state index >= 15 is 0 Å². The van der Waals surface area contributed by atoms with Gasteiger partial charge in [0.15, 0.2) is 0 Å². The van der Waals surface area contributed by atoms with Crippen molar-refractivity contribution in [3.05, 3.63) is 23.8 Å². The number of nitrogens with two attached hydrogens (primary N) is 1. The lowest BCUT2D eigenvalue weighted by molar-refractivity contribution is -0.145. The molecule has 1 heterocycles. The predicted octanol–water partition coefficient (Wildman–Crippen LogP) is 2.94. The number of aryl methyl sites for hydroxylation is 1. The van der Waals surface area contributed by atoms with Crippen molar-refractivity contribution in [3.8, 4) is 5.75 Å². The summed E-state index contributed by atoms with van der Waals surface area (Å²) in [4.78, 5) is 11.4. The van der Waals surface area contributed by atoms with Crippen molar-refractivity contribution in [1.29, 1.82) is 0 Å². The fourth-order valence-electron chi connectivity index (χ4n) is 2.01. The molecule has 0 fully saturated rings. The Morgan fingerprint density at radius 3 is 2.89 bits per heavy atom. The number of esters is 1. The molecule has 0 saturated heterocycles. The summed E-state index contributed by atoms with van der Waals surface area (Å²) < 4.78 is 10.7. The summed E-state index contributed by atoms with van der Waals surface area (Å²) in [6, 6.07) is 5.60. The van der Waals surface area contributed by atoms with Crippen LogP contribution in [0.3, 0.4) is 0 Å². The topological polar surface area (TPSA) is 61.5 Å². The number of hydrogen-bond acceptors (Lipinski definition) is 4. The summed E-state index contributed by atoms with van der Waals surface area (Å²) in [7, 11) is 0. The molecule has 1 aromatic carbocycles. The van der Waals surface area contributed by atoms with Crippen LogP contribution < -0.4 is 10.5 Å². The highest BCUT2D eigenvalue weighted by Crippen LogP contribution is 2.30. The van der Waals surface area contributed by atoms with Crippen molar-refractivity contribution < 1.29 is 14.3 Å². The van der Waals surface area contributed by atoms with Crippen molar-refractivity contribution in [2.75, 3.05) is 12.3 Å². The number of ether oxygens (including phenoxy) is 2. The van der Waals surface area contributed by atoms with Crippen molar-refractivity contribution in [2.24, 2.45) is 0 Å². The highest BCUT2D eigenvalue weighted by Gasteiger charge is 2.22. The second-order valence-corrected chi connectivity index (χ2v) is 4.15. The highest BCUT2D eigenvalue weighted by molar-refractivity contribution is 5.70. The Morgan fingerprint density at radius 1 is 1.47 bits per heavy atom. The van der Waals surface area contributed by atoms with E-state index < -0.39 is 0 Å². The number of benzene rings is 1. The highest BCUT2D eigenvalue weighted by atomic mass is 16.5. The van der Waals surface area contributed by atoms with E-state index in [-0.39, 0.29) is 12.1 Å². The molecule has 2 N–H and O–H groups in total. The van der Waals surface area contributed by atoms with Gasteiger partial charge in [0.25, 0.3) is 0 Å². The molecule has 1 aromatic rings. The van der Waals surface area contributed by atoms with Gasteiger partial charge in [0.05, 0.1) is 13.0 Å². The summed E-state index contributed by atoms with van der Waals surface area (Å²) in [5.74, 6) is 0.635. The molecular formula is C15H23NO3. The summed E-state index contributed by atoms with van der Waals surface area (Å²) in [5.41, 5.74) is 7.57. The van der Waals surface area contributed by atoms with Crippen LogP contribution in [-0.4, -0.2) is 18.7 Å². The number of fused-ring (bicyclic) bond motifs is 1. The zero-order valence-corrected chi connectivity index (χ0v) is 11.9. The van der Waals surface area contributed by atoms with Crippen LogP contribution in [0.25, 0.3) is 0 Å². The molecule has 1 aliphatic rings. The molecular weight excluding hydrogens is 242 g/mol. The Balaban J connectivity index is 0.000000861. The minimum atomic E-state index is -0.198. The number of hydrogen-bond donors (Lipinski definition) is 1. The molecule has 0 aromatic heterocycles. The Morgan fingerprint density at radius 2 is 2.21 bits per heavy atom. The van der Waals surface area contributed by atoms with Gasteiger partial charge in [-0.25, -0.2) is 0 Å². The van der Waals surface area contributed by atoms with Gasteiger partial charge in [0, 0.05) is 5.69 Å². The maximum Gasteiger partial charge on any atom is 0.309 e. The molecule has 0 spiro atoms. The average Bonchev–Trinajstić information content (AvgIpc) is 2.41. The molecule has 19 heavy (non-hydrogen) atoms. The van der Waals surface area contributed by atoms with E-state index in [1.807, 2.05) is 32.0 Å². The molecule has 1 atom stereocenters. The van der Waals surface area contributed by atoms with Gasteiger partial charge in [-0.3, -0.25) is 4.79 Å². The largest absolute Gasteiger partial charge is 0.490 e. The lowest BCUT2D eigenvalue weighted by Crippen LogP contribution is -2.26. The first-order chi connectivity index (χ1) is 9.19. The smallest absolute Gasteiger partial charge is 0.309 e. The fourth-order valence-corrected chi connectivity index (χ4v) is 2.01. The number of anilines is 1. The van der Waals surface area contributed by atoms with Crippen LogP contribution in [0.2, 0.25) is 0 Å². The van der Waals surface area contributed by atoms with E-state index in [0.29, 0.717) is 13.0 Å². The van der Waals surface area contributed by atoms with E-state index in [1.165, 1.54) is 0 Å². The van der Waals surface area contributed by atoms with Crippen LogP contribution in [0.1, 0.15) is 39.2 Å². The van der Waals surface area contributed by atoms with Crippen molar-refractivity contribution in [1.82, 2.24) is 0 Å². The first-order valence-corrected chi connectivity index (χ1v) is 6.89. The third-order valence-corrected chi connectivity index (χ3v) is 2.81. The summed E-state index contributed by atoms with van der Waals surface area (Å²) >= 11 is 0. The maximum absolute atomic E-state index is 11.4. The van der Waals surface area contributed by atoms with Gasteiger partial charge >= 0.3 is 5.97 Å². The minimum absolute atomic E-state index is 0.0785. The number of carbonyl (C=O) groups excluding carboxylic acids is 1. The second kappa shape index (κ2) is 7.67. The minimum Gasteiger partial charge on any atom is -0.490 e. The number of carbonyl (C=O) groups is 1. The van der Waals surface area contributed by atoms with E-state index in [9.17, 15) is 4.79 Å². The summed E-state index contributed by atoms with van der Waals surface area (Å²) in [6.07, 6.45) is 1.96. The molecule has 1 unspecified atom stereocenters. The van der Waals surface area contributed by atoms with Gasteiger partial charge in [0.2, 0.25) is 0 Å². The average molecular weight is 265 g/mol. The zero-order chi connectivity index (χ0) is 14.3. The maximum atomic E-state index is 11.4. The standard InChI is InChI=1S/C13H17NO3.C2H6/c1-2-16-13(15)8-11-5-3-9-7-10(14)4-6-12(9)17-11;1-2/h4,6-7,11H,2-3,5,8,14H2,1H3;1-2H3. The van der Waals surface area contributed by atoms with Crippen LogP contribution in [0, 0.1) is 0 Å². The normalized spacial score (nSPS) is 16.5. The van der Waals surface area contributed by atoms with Crippen LogP contribution in [0.15, 0.2) is 18.2 Å². The molecule has 0 saturated carbocycles. The quantitative estimate of drug-likeness (QED) is 0.674. The van der Waals surface area contributed by atoms with Crippen LogP contribution in [0.4, 0.5) is 5.69 Å². The zero-order valence-electron chi connectivity index (χ0n) is 11.9. The monoisotopic (exact) mass is 265 g/mol. The van der Waals surface area contributed by atoms with E-state index in [1.54, 1.807) is 6.92 Å². The lowest BCUT2D eigenvalue weighted by atomic mass is 10.00. The van der Waals surface area contributed by atoms with Gasteiger partial charge in [-0.15, -0.1) is 0 Å². The van der Waals surface area contributed by atoms with Crippen molar-refractivity contribution >= 4 is 11.7 Å². The van der Waals surface area contributed by atoms with Gasteiger partial charge in [-0.1, -0.05) is 13.8 Å². The molecule has 0 bridgehead atoms. The predicted molar refractivity (Wildman–Crippen MR) is 76.2 cm³/mol. The third kappa shape index (κ3) is 4.47. The lowest BCUT2D eigenvalue weighted by Gasteiger charge is -2.25. The molecule has 4 heteroatoms. The third-order valence-electron chi connectivity index (χ3n) is 2.81. The van der Waals surface area contributed by atoms with Crippen LogP contribution in [0.5, 0.6) is 5.75 Å². The summed E-state index contributed by atoms with van der Waals surface area (Å²) in [5, 5.41) is 0. The molecule has 0 radical (unpaired) electrons. The van der Waals surface area contributed by atoms with E-state index in [0.717, 1.165) is 29.8 Å². The number of rotatable bonds is 3. The first-order valence-electron chi connectivity index (χ1n) is 6.89. The fraction of sp³-hybridized carbons (Fsp3) is 0.533. The number of nitrogen functional groups attached to an aromatic ring is 1. The second-order valence-electron chi connectivity index (χ2n) is 4.15. The van der Waals surface area contributed by atoms with Gasteiger partial charge < -0.3 is 15.2 Å². The molecule has 4 nitrogen and oxygen atoms in total. The van der Waals surface area contributed by atoms with Gasteiger partial charge in [-0.05, 0) is 43.5 Å². The molecule has 1 aliphatic heterocycles. The van der Waals surface area contributed by atoms with Crippen molar-refractivity contribution in [2.45, 2.75) is 46.1 Å². The van der Waals surface area contributed by atoms with Crippen molar-refractivity contribution in [3.63, 3.8) is 0 Å². The van der Waals surface area contributed by atoms with Crippen LogP contribution >= 0.6 is 0 Å². The summed E-state index contributed by atoms with van der Waals surface area (Å²) in [6.45, 7) is 6.22. The van der Waals surface area contributed by atoms with E-state index in [2.05, 4.69) is 0 Å². The first kappa shape index (κ1) is 15.3. The molecule has 106 valence electrons. The Bertz CT molecular complexity index is 418. The Hall–Kier alpha value is -1.71. The SMILES string of the molecule is CC.CCOC(=O)CC1CCc2cc(N)ccc2O1. The van der Waals surface area contributed by atoms with Gasteiger partial charge in [-0.2, -0.15) is 0 Å². The van der Waals surface area contributed by atoms with E-state index in [4.69, 9.17) is 15.2 Å². The Kier molecular flexibility index (Phi) is 6.19. The Labute approximate surface area is 114 Å². The molecule has 0 amide bonds. The molecule has 2 rings (SSSR count). The van der Waals surface area contributed by atoms with Crippen LogP contribution in [-0.2, 0) is 16.0 Å².